The van der Waals surface area contributed by atoms with E-state index in [4.69, 9.17) is 21.3 Å². The normalized spacial score (nSPS) is 10.9. The number of benzene rings is 3. The second-order valence-corrected chi connectivity index (χ2v) is 8.55. The average Bonchev–Trinajstić information content (AvgIpc) is 3.14. The highest BCUT2D eigenvalue weighted by atomic mass is 35.5. The van der Waals surface area contributed by atoms with E-state index >= 15 is 0 Å². The Labute approximate surface area is 184 Å². The minimum atomic E-state index is -0.152. The Balaban J connectivity index is 1.62. The molecule has 30 heavy (non-hydrogen) atoms. The third-order valence-corrected chi connectivity index (χ3v) is 6.18. The van der Waals surface area contributed by atoms with Crippen molar-refractivity contribution in [1.82, 2.24) is 4.98 Å². The Morgan fingerprint density at radius 1 is 1.03 bits per heavy atom. The molecule has 4 aromatic rings. The van der Waals surface area contributed by atoms with Gasteiger partial charge in [-0.25, -0.2) is 4.98 Å². The maximum atomic E-state index is 13.1. The molecular weight excluding hydrogens is 416 g/mol. The number of anilines is 1. The number of aryl methyl sites for hydroxylation is 2. The highest BCUT2D eigenvalue weighted by molar-refractivity contribution is 7.22. The Bertz CT molecular complexity index is 1130. The van der Waals surface area contributed by atoms with Gasteiger partial charge in [0.05, 0.1) is 16.8 Å². The molecule has 0 radical (unpaired) electrons. The standard InChI is InChI=1S/C24H21ClN2O2S/c1-16-12-21-22(13-17(16)2)30-24(26-21)27(14-18-6-4-3-5-7-18)23(28)15-29-20-10-8-19(25)9-11-20/h3-13H,14-15H2,1-2H3. The van der Waals surface area contributed by atoms with Gasteiger partial charge in [-0.1, -0.05) is 53.3 Å². The number of rotatable bonds is 6. The highest BCUT2D eigenvalue weighted by Gasteiger charge is 2.21. The van der Waals surface area contributed by atoms with Gasteiger partial charge in [0.1, 0.15) is 5.75 Å². The summed E-state index contributed by atoms with van der Waals surface area (Å²) in [6.45, 7) is 4.51. The zero-order valence-corrected chi connectivity index (χ0v) is 18.3. The van der Waals surface area contributed by atoms with Gasteiger partial charge in [-0.2, -0.15) is 0 Å². The molecule has 0 saturated heterocycles. The van der Waals surface area contributed by atoms with E-state index in [9.17, 15) is 4.79 Å². The predicted octanol–water partition coefficient (Wildman–Crippen LogP) is 6.18. The molecule has 0 atom stereocenters. The third-order valence-electron chi connectivity index (χ3n) is 4.88. The summed E-state index contributed by atoms with van der Waals surface area (Å²) in [5, 5.41) is 1.29. The number of thiazole rings is 1. The monoisotopic (exact) mass is 436 g/mol. The zero-order chi connectivity index (χ0) is 21.1. The Hall–Kier alpha value is -2.89. The number of aromatic nitrogens is 1. The quantitative estimate of drug-likeness (QED) is 0.362. The van der Waals surface area contributed by atoms with Crippen LogP contribution in [0.3, 0.4) is 0 Å². The summed E-state index contributed by atoms with van der Waals surface area (Å²) >= 11 is 7.44. The van der Waals surface area contributed by atoms with Crippen LogP contribution in [0.15, 0.2) is 66.7 Å². The topological polar surface area (TPSA) is 42.4 Å². The van der Waals surface area contributed by atoms with Gasteiger partial charge in [0, 0.05) is 5.02 Å². The van der Waals surface area contributed by atoms with E-state index in [1.807, 2.05) is 30.3 Å². The molecule has 0 aliphatic rings. The van der Waals surface area contributed by atoms with Gasteiger partial charge in [-0.15, -0.1) is 0 Å². The fraction of sp³-hybridized carbons (Fsp3) is 0.167. The zero-order valence-electron chi connectivity index (χ0n) is 16.8. The number of fused-ring (bicyclic) bond motifs is 1. The number of nitrogens with zero attached hydrogens (tertiary/aromatic N) is 2. The molecular formula is C24H21ClN2O2S. The number of hydrogen-bond acceptors (Lipinski definition) is 4. The van der Waals surface area contributed by atoms with E-state index in [0.717, 1.165) is 15.8 Å². The lowest BCUT2D eigenvalue weighted by atomic mass is 10.1. The first-order chi connectivity index (χ1) is 14.5. The number of carbonyl (C=O) groups is 1. The lowest BCUT2D eigenvalue weighted by Crippen LogP contribution is -2.34. The largest absolute Gasteiger partial charge is 0.484 e. The Morgan fingerprint density at radius 3 is 2.47 bits per heavy atom. The molecule has 6 heteroatoms. The molecule has 0 fully saturated rings. The molecule has 1 aromatic heterocycles. The van der Waals surface area contributed by atoms with Crippen LogP contribution >= 0.6 is 22.9 Å². The second-order valence-electron chi connectivity index (χ2n) is 7.11. The Morgan fingerprint density at radius 2 is 1.73 bits per heavy atom. The van der Waals surface area contributed by atoms with Gasteiger partial charge in [-0.05, 0) is 66.9 Å². The fourth-order valence-electron chi connectivity index (χ4n) is 3.07. The van der Waals surface area contributed by atoms with Crippen molar-refractivity contribution in [2.75, 3.05) is 11.5 Å². The van der Waals surface area contributed by atoms with Crippen molar-refractivity contribution in [2.45, 2.75) is 20.4 Å². The molecule has 4 nitrogen and oxygen atoms in total. The summed E-state index contributed by atoms with van der Waals surface area (Å²) in [7, 11) is 0. The average molecular weight is 437 g/mol. The molecule has 0 aliphatic heterocycles. The molecule has 0 aliphatic carbocycles. The van der Waals surface area contributed by atoms with Crippen LogP contribution in [0.2, 0.25) is 5.02 Å². The number of hydrogen-bond donors (Lipinski definition) is 0. The summed E-state index contributed by atoms with van der Waals surface area (Å²) < 4.78 is 6.77. The second kappa shape index (κ2) is 8.86. The van der Waals surface area contributed by atoms with Crippen molar-refractivity contribution in [3.8, 4) is 5.75 Å². The number of carbonyl (C=O) groups excluding carboxylic acids is 1. The minimum Gasteiger partial charge on any atom is -0.484 e. The van der Waals surface area contributed by atoms with Crippen LogP contribution in [0.4, 0.5) is 5.13 Å². The molecule has 0 saturated carbocycles. The number of ether oxygens (including phenoxy) is 1. The lowest BCUT2D eigenvalue weighted by Gasteiger charge is -2.20. The first-order valence-corrected chi connectivity index (χ1v) is 10.8. The summed E-state index contributed by atoms with van der Waals surface area (Å²) in [6.07, 6.45) is 0. The van der Waals surface area contributed by atoms with E-state index in [0.29, 0.717) is 22.4 Å². The summed E-state index contributed by atoms with van der Waals surface area (Å²) in [5.74, 6) is 0.448. The van der Waals surface area contributed by atoms with Crippen molar-refractivity contribution in [3.63, 3.8) is 0 Å². The molecule has 3 aromatic carbocycles. The molecule has 4 rings (SSSR count). The molecule has 0 spiro atoms. The van der Waals surface area contributed by atoms with Gasteiger partial charge in [-0.3, -0.25) is 9.69 Å². The van der Waals surface area contributed by atoms with E-state index in [-0.39, 0.29) is 12.5 Å². The lowest BCUT2D eigenvalue weighted by molar-refractivity contribution is -0.120. The van der Waals surface area contributed by atoms with Crippen LogP contribution < -0.4 is 9.64 Å². The van der Waals surface area contributed by atoms with Crippen molar-refractivity contribution >= 4 is 44.2 Å². The molecule has 1 heterocycles. The van der Waals surface area contributed by atoms with Crippen LogP contribution in [0.25, 0.3) is 10.2 Å². The first-order valence-electron chi connectivity index (χ1n) is 9.60. The van der Waals surface area contributed by atoms with E-state index in [1.54, 1.807) is 29.2 Å². The minimum absolute atomic E-state index is 0.0809. The van der Waals surface area contributed by atoms with E-state index in [1.165, 1.54) is 22.5 Å². The van der Waals surface area contributed by atoms with Gasteiger partial charge < -0.3 is 4.74 Å². The van der Waals surface area contributed by atoms with Crippen LogP contribution in [0, 0.1) is 13.8 Å². The van der Waals surface area contributed by atoms with Crippen molar-refractivity contribution in [3.05, 3.63) is 88.4 Å². The first kappa shape index (κ1) is 20.4. The smallest absolute Gasteiger partial charge is 0.267 e. The van der Waals surface area contributed by atoms with Crippen LogP contribution in [0.1, 0.15) is 16.7 Å². The van der Waals surface area contributed by atoms with Crippen LogP contribution in [0.5, 0.6) is 5.75 Å². The van der Waals surface area contributed by atoms with Gasteiger partial charge in [0.2, 0.25) is 0 Å². The molecule has 0 N–H and O–H groups in total. The van der Waals surface area contributed by atoms with Crippen LogP contribution in [-0.2, 0) is 11.3 Å². The molecule has 1 amide bonds. The molecule has 0 unspecified atom stereocenters. The summed E-state index contributed by atoms with van der Waals surface area (Å²) in [5.41, 5.74) is 4.34. The third kappa shape index (κ3) is 4.64. The molecule has 0 bridgehead atoms. The van der Waals surface area contributed by atoms with Gasteiger partial charge >= 0.3 is 0 Å². The number of amides is 1. The van der Waals surface area contributed by atoms with Gasteiger partial charge in [0.25, 0.3) is 5.91 Å². The highest BCUT2D eigenvalue weighted by Crippen LogP contribution is 2.32. The molecule has 152 valence electrons. The maximum absolute atomic E-state index is 13.1. The van der Waals surface area contributed by atoms with Gasteiger partial charge in [0.15, 0.2) is 11.7 Å². The van der Waals surface area contributed by atoms with E-state index < -0.39 is 0 Å². The fourth-order valence-corrected chi connectivity index (χ4v) is 4.25. The Kier molecular flexibility index (Phi) is 6.02. The summed E-state index contributed by atoms with van der Waals surface area (Å²) in [6, 6.07) is 21.1. The maximum Gasteiger partial charge on any atom is 0.267 e. The predicted molar refractivity (Wildman–Crippen MR) is 124 cm³/mol. The van der Waals surface area contributed by atoms with Crippen molar-refractivity contribution < 1.29 is 9.53 Å². The van der Waals surface area contributed by atoms with Crippen LogP contribution in [-0.4, -0.2) is 17.5 Å². The summed E-state index contributed by atoms with van der Waals surface area (Å²) in [4.78, 5) is 19.6. The van der Waals surface area contributed by atoms with E-state index in [2.05, 4.69) is 26.0 Å². The van der Waals surface area contributed by atoms with Crippen molar-refractivity contribution in [2.24, 2.45) is 0 Å². The SMILES string of the molecule is Cc1cc2nc(N(Cc3ccccc3)C(=O)COc3ccc(Cl)cc3)sc2cc1C. The number of halogens is 1. The van der Waals surface area contributed by atoms with Crippen molar-refractivity contribution in [1.29, 1.82) is 0 Å².